The van der Waals surface area contributed by atoms with E-state index in [4.69, 9.17) is 14.2 Å². The van der Waals surface area contributed by atoms with Gasteiger partial charge in [0.2, 0.25) is 0 Å². The molecule has 37 heavy (non-hydrogen) atoms. The quantitative estimate of drug-likeness (QED) is 0.240. The first kappa shape index (κ1) is 30.4. The van der Waals surface area contributed by atoms with Crippen molar-refractivity contribution in [1.29, 1.82) is 0 Å². The van der Waals surface area contributed by atoms with Crippen molar-refractivity contribution in [1.82, 2.24) is 0 Å². The molecular formula is C31H43NO5. The Hall–Kier alpha value is -2.83. The van der Waals surface area contributed by atoms with E-state index in [0.29, 0.717) is 0 Å². The lowest BCUT2D eigenvalue weighted by molar-refractivity contribution is -0.171. The molecule has 0 radical (unpaired) electrons. The minimum Gasteiger partial charge on any atom is -0.459 e. The lowest BCUT2D eigenvalue weighted by atomic mass is 9.87. The highest BCUT2D eigenvalue weighted by atomic mass is 16.6. The maximum Gasteiger partial charge on any atom is 0.336 e. The van der Waals surface area contributed by atoms with E-state index in [0.717, 1.165) is 11.1 Å². The highest BCUT2D eigenvalue weighted by Crippen LogP contribution is 2.25. The number of esters is 1. The van der Waals surface area contributed by atoms with Crippen molar-refractivity contribution < 1.29 is 23.8 Å². The zero-order valence-corrected chi connectivity index (χ0v) is 23.6. The summed E-state index contributed by atoms with van der Waals surface area (Å²) in [5, 5.41) is 0. The van der Waals surface area contributed by atoms with E-state index in [1.165, 1.54) is 0 Å². The lowest BCUT2D eigenvalue weighted by Crippen LogP contribution is -2.41. The van der Waals surface area contributed by atoms with E-state index in [9.17, 15) is 9.59 Å². The Labute approximate surface area is 222 Å². The van der Waals surface area contributed by atoms with Gasteiger partial charge in [0.25, 0.3) is 0 Å². The largest absolute Gasteiger partial charge is 0.459 e. The Morgan fingerprint density at radius 3 is 1.95 bits per heavy atom. The molecule has 6 nitrogen and oxygen atoms in total. The molecule has 0 saturated heterocycles. The maximum absolute atomic E-state index is 13.0. The van der Waals surface area contributed by atoms with Crippen LogP contribution in [0, 0.1) is 5.41 Å². The van der Waals surface area contributed by atoms with Gasteiger partial charge in [-0.1, -0.05) is 81.4 Å². The molecule has 2 atom stereocenters. The molecule has 0 spiro atoms. The number of rotatable bonds is 12. The summed E-state index contributed by atoms with van der Waals surface area (Å²) in [5.74, 6) is -0.632. The second-order valence-electron chi connectivity index (χ2n) is 11.9. The van der Waals surface area contributed by atoms with Crippen LogP contribution in [0.5, 0.6) is 0 Å². The molecule has 0 aliphatic carbocycles. The third-order valence-corrected chi connectivity index (χ3v) is 5.48. The fourth-order valence-electron chi connectivity index (χ4n) is 3.47. The summed E-state index contributed by atoms with van der Waals surface area (Å²) in [6.07, 6.45) is 0.348. The van der Waals surface area contributed by atoms with Crippen LogP contribution >= 0.6 is 0 Å². The Bertz CT molecular complexity index is 1020. The van der Waals surface area contributed by atoms with E-state index < -0.39 is 23.1 Å². The molecule has 2 aromatic rings. The molecule has 0 amide bonds. The van der Waals surface area contributed by atoms with E-state index in [-0.39, 0.29) is 37.1 Å². The number of benzene rings is 2. The molecule has 0 heterocycles. The van der Waals surface area contributed by atoms with Crippen molar-refractivity contribution in [3.05, 3.63) is 71.8 Å². The molecule has 0 fully saturated rings. The third-order valence-electron chi connectivity index (χ3n) is 5.48. The summed E-state index contributed by atoms with van der Waals surface area (Å²) in [4.78, 5) is 30.4. The van der Waals surface area contributed by atoms with Gasteiger partial charge in [0.05, 0.1) is 17.7 Å². The van der Waals surface area contributed by atoms with Crippen molar-refractivity contribution in [2.24, 2.45) is 10.4 Å². The standard InChI is InChI=1S/C31H43NO5/c1-29(2,3)27(33)19-25(28(34)35-21-23-15-11-9-12-16-23)37-31(7,8)22-32-20-26(36-30(4,5)6)24-17-13-10-14-18-24/h9-18,20,25-26H,19,21-22H2,1-8H3. The van der Waals surface area contributed by atoms with Gasteiger partial charge in [-0.25, -0.2) is 4.79 Å². The van der Waals surface area contributed by atoms with Crippen LogP contribution in [0.2, 0.25) is 0 Å². The molecule has 0 aromatic heterocycles. The monoisotopic (exact) mass is 509 g/mol. The van der Waals surface area contributed by atoms with Gasteiger partial charge in [0.15, 0.2) is 6.10 Å². The highest BCUT2D eigenvalue weighted by molar-refractivity contribution is 5.89. The van der Waals surface area contributed by atoms with Crippen molar-refractivity contribution in [3.63, 3.8) is 0 Å². The summed E-state index contributed by atoms with van der Waals surface area (Å²) in [6.45, 7) is 15.6. The van der Waals surface area contributed by atoms with Crippen LogP contribution in [0.4, 0.5) is 0 Å². The molecular weight excluding hydrogens is 466 g/mol. The number of carbonyl (C=O) groups excluding carboxylic acids is 2. The Morgan fingerprint density at radius 1 is 0.838 bits per heavy atom. The number of nitrogens with zero attached hydrogens (tertiary/aromatic N) is 1. The predicted octanol–water partition coefficient (Wildman–Crippen LogP) is 6.53. The lowest BCUT2D eigenvalue weighted by Gasteiger charge is -2.30. The highest BCUT2D eigenvalue weighted by Gasteiger charge is 2.34. The van der Waals surface area contributed by atoms with Gasteiger partial charge in [0.1, 0.15) is 18.5 Å². The molecule has 6 heteroatoms. The van der Waals surface area contributed by atoms with Crippen molar-refractivity contribution in [3.8, 4) is 0 Å². The van der Waals surface area contributed by atoms with Crippen LogP contribution < -0.4 is 0 Å². The maximum atomic E-state index is 13.0. The number of carbonyl (C=O) groups is 2. The van der Waals surface area contributed by atoms with E-state index in [1.54, 1.807) is 6.21 Å². The smallest absolute Gasteiger partial charge is 0.336 e. The minimum atomic E-state index is -1.03. The van der Waals surface area contributed by atoms with Gasteiger partial charge in [-0.2, -0.15) is 0 Å². The molecule has 2 aromatic carbocycles. The fourth-order valence-corrected chi connectivity index (χ4v) is 3.47. The van der Waals surface area contributed by atoms with Gasteiger partial charge in [-0.15, -0.1) is 0 Å². The summed E-state index contributed by atoms with van der Waals surface area (Å²) in [5.41, 5.74) is 0.0779. The van der Waals surface area contributed by atoms with Crippen LogP contribution in [0.15, 0.2) is 65.7 Å². The zero-order chi connectivity index (χ0) is 27.7. The van der Waals surface area contributed by atoms with Crippen molar-refractivity contribution in [2.45, 2.75) is 91.8 Å². The van der Waals surface area contributed by atoms with Gasteiger partial charge in [-0.3, -0.25) is 9.79 Å². The average molecular weight is 510 g/mol. The SMILES string of the molecule is CC(C)(C)OC(C=NCC(C)(C)OC(CC(=O)C(C)(C)C)C(=O)OCc1ccccc1)c1ccccc1. The number of hydrogen-bond donors (Lipinski definition) is 0. The normalized spacial score (nSPS) is 14.4. The summed E-state index contributed by atoms with van der Waals surface area (Å²) in [6, 6.07) is 19.3. The van der Waals surface area contributed by atoms with Crippen LogP contribution in [-0.4, -0.2) is 41.8 Å². The Morgan fingerprint density at radius 2 is 1.41 bits per heavy atom. The first-order valence-electron chi connectivity index (χ1n) is 12.8. The first-order chi connectivity index (χ1) is 17.2. The van der Waals surface area contributed by atoms with Gasteiger partial charge in [0, 0.05) is 18.1 Å². The fraction of sp³-hybridized carbons (Fsp3) is 0.516. The molecule has 0 saturated carbocycles. The van der Waals surface area contributed by atoms with E-state index in [1.807, 2.05) is 116 Å². The molecule has 0 aliphatic heterocycles. The summed E-state index contributed by atoms with van der Waals surface area (Å²) < 4.78 is 17.9. The van der Waals surface area contributed by atoms with Crippen molar-refractivity contribution in [2.75, 3.05) is 6.54 Å². The second-order valence-corrected chi connectivity index (χ2v) is 11.9. The summed E-state index contributed by atoms with van der Waals surface area (Å²) >= 11 is 0. The minimum absolute atomic E-state index is 0.0654. The molecule has 202 valence electrons. The van der Waals surface area contributed by atoms with Gasteiger partial charge >= 0.3 is 5.97 Å². The number of Topliss-reactive ketones (excluding diaryl/α,β-unsaturated/α-hetero) is 1. The molecule has 2 unspecified atom stereocenters. The van der Waals surface area contributed by atoms with Crippen LogP contribution in [0.25, 0.3) is 0 Å². The molecule has 0 aliphatic rings. The number of hydrogen-bond acceptors (Lipinski definition) is 6. The van der Waals surface area contributed by atoms with Gasteiger partial charge in [-0.05, 0) is 45.7 Å². The molecule has 0 bridgehead atoms. The first-order valence-corrected chi connectivity index (χ1v) is 12.8. The predicted molar refractivity (Wildman–Crippen MR) is 148 cm³/mol. The topological polar surface area (TPSA) is 74.2 Å². The van der Waals surface area contributed by atoms with Crippen LogP contribution in [0.3, 0.4) is 0 Å². The second kappa shape index (κ2) is 13.1. The van der Waals surface area contributed by atoms with Crippen LogP contribution in [0.1, 0.15) is 79.0 Å². The molecule has 0 N–H and O–H groups in total. The number of aliphatic imine (C=N–C) groups is 1. The van der Waals surface area contributed by atoms with Gasteiger partial charge < -0.3 is 14.2 Å². The van der Waals surface area contributed by atoms with Crippen LogP contribution in [-0.2, 0) is 30.4 Å². The zero-order valence-electron chi connectivity index (χ0n) is 23.6. The molecule has 2 rings (SSSR count). The number of ketones is 1. The Kier molecular flexibility index (Phi) is 10.8. The van der Waals surface area contributed by atoms with E-state index >= 15 is 0 Å². The van der Waals surface area contributed by atoms with E-state index in [2.05, 4.69) is 4.99 Å². The average Bonchev–Trinajstić information content (AvgIpc) is 2.81. The summed E-state index contributed by atoms with van der Waals surface area (Å²) in [7, 11) is 0. The number of ether oxygens (including phenoxy) is 3. The Balaban J connectivity index is 2.13. The third kappa shape index (κ3) is 11.4. The van der Waals surface area contributed by atoms with Crippen molar-refractivity contribution >= 4 is 18.0 Å².